The largest absolute Gasteiger partial charge is 0.478 e. The Kier molecular flexibility index (Phi) is 3.32. The van der Waals surface area contributed by atoms with Crippen molar-refractivity contribution < 1.29 is 14.7 Å². The van der Waals surface area contributed by atoms with Crippen molar-refractivity contribution in [3.8, 4) is 11.1 Å². The summed E-state index contributed by atoms with van der Waals surface area (Å²) in [4.78, 5) is 23.2. The first-order valence-electron chi connectivity index (χ1n) is 6.29. The maximum atomic E-state index is 12.1. The Labute approximate surface area is 120 Å². The van der Waals surface area contributed by atoms with Crippen LogP contribution in [-0.2, 0) is 6.42 Å². The molecular weight excluding hydrogens is 272 g/mol. The standard InChI is InChI=1S/C16H12O3S/c17-15(18)12-5-1-4-11(9-12)13-6-2-3-10-7-8-20-16(19)14(10)13/h1-6,9H,7-8H2,(H,17,18). The van der Waals surface area contributed by atoms with E-state index in [-0.39, 0.29) is 10.7 Å². The third kappa shape index (κ3) is 2.23. The van der Waals surface area contributed by atoms with E-state index in [1.54, 1.807) is 18.2 Å². The van der Waals surface area contributed by atoms with E-state index < -0.39 is 5.97 Å². The van der Waals surface area contributed by atoms with E-state index >= 15 is 0 Å². The van der Waals surface area contributed by atoms with Gasteiger partial charge in [-0.1, -0.05) is 42.1 Å². The molecule has 0 aromatic heterocycles. The number of aryl methyl sites for hydroxylation is 1. The third-order valence-electron chi connectivity index (χ3n) is 3.38. The summed E-state index contributed by atoms with van der Waals surface area (Å²) in [5, 5.41) is 9.15. The average molecular weight is 284 g/mol. The number of carboxylic acids is 1. The first-order valence-corrected chi connectivity index (χ1v) is 7.28. The molecule has 3 nitrogen and oxygen atoms in total. The van der Waals surface area contributed by atoms with Gasteiger partial charge in [-0.05, 0) is 35.2 Å². The molecule has 0 aliphatic carbocycles. The zero-order valence-corrected chi connectivity index (χ0v) is 11.4. The van der Waals surface area contributed by atoms with Crippen molar-refractivity contribution in [1.29, 1.82) is 0 Å². The monoisotopic (exact) mass is 284 g/mol. The van der Waals surface area contributed by atoms with Gasteiger partial charge in [-0.2, -0.15) is 0 Å². The van der Waals surface area contributed by atoms with Gasteiger partial charge in [0.1, 0.15) is 0 Å². The molecule has 0 amide bonds. The Morgan fingerprint density at radius 3 is 2.75 bits per heavy atom. The van der Waals surface area contributed by atoms with Crippen LogP contribution in [0.5, 0.6) is 0 Å². The molecule has 20 heavy (non-hydrogen) atoms. The smallest absolute Gasteiger partial charge is 0.335 e. The van der Waals surface area contributed by atoms with Crippen LogP contribution in [0.1, 0.15) is 26.3 Å². The molecule has 0 bridgehead atoms. The molecule has 3 rings (SSSR count). The summed E-state index contributed by atoms with van der Waals surface area (Å²) in [5.41, 5.74) is 3.61. The van der Waals surface area contributed by atoms with Crippen LogP contribution in [0.4, 0.5) is 0 Å². The Morgan fingerprint density at radius 1 is 1.15 bits per heavy atom. The lowest BCUT2D eigenvalue weighted by Crippen LogP contribution is -2.10. The summed E-state index contributed by atoms with van der Waals surface area (Å²) in [6, 6.07) is 12.5. The molecule has 2 aromatic carbocycles. The molecule has 0 spiro atoms. The molecule has 0 atom stereocenters. The fourth-order valence-electron chi connectivity index (χ4n) is 2.44. The molecule has 0 saturated heterocycles. The quantitative estimate of drug-likeness (QED) is 0.917. The van der Waals surface area contributed by atoms with Crippen LogP contribution in [0.2, 0.25) is 0 Å². The Balaban J connectivity index is 2.18. The second kappa shape index (κ2) is 5.13. The van der Waals surface area contributed by atoms with Gasteiger partial charge in [-0.15, -0.1) is 0 Å². The number of rotatable bonds is 2. The van der Waals surface area contributed by atoms with Crippen LogP contribution >= 0.6 is 11.8 Å². The molecule has 2 aromatic rings. The minimum absolute atomic E-state index is 0.0718. The maximum absolute atomic E-state index is 12.1. The molecule has 0 unspecified atom stereocenters. The van der Waals surface area contributed by atoms with Crippen molar-refractivity contribution in [2.24, 2.45) is 0 Å². The van der Waals surface area contributed by atoms with E-state index in [1.165, 1.54) is 11.8 Å². The Morgan fingerprint density at radius 2 is 1.95 bits per heavy atom. The molecule has 0 fully saturated rings. The van der Waals surface area contributed by atoms with Crippen molar-refractivity contribution in [3.63, 3.8) is 0 Å². The number of fused-ring (bicyclic) bond motifs is 1. The molecule has 0 saturated carbocycles. The lowest BCUT2D eigenvalue weighted by atomic mass is 9.94. The maximum Gasteiger partial charge on any atom is 0.335 e. The number of aromatic carboxylic acids is 1. The van der Waals surface area contributed by atoms with E-state index in [0.717, 1.165) is 34.4 Å². The molecule has 1 heterocycles. The Hall–Kier alpha value is -2.07. The number of carbonyl (C=O) groups is 2. The highest BCUT2D eigenvalue weighted by Crippen LogP contribution is 2.33. The number of hydrogen-bond donors (Lipinski definition) is 1. The van der Waals surface area contributed by atoms with Crippen molar-refractivity contribution in [2.45, 2.75) is 6.42 Å². The van der Waals surface area contributed by atoms with Crippen LogP contribution in [0.3, 0.4) is 0 Å². The average Bonchev–Trinajstić information content (AvgIpc) is 2.47. The van der Waals surface area contributed by atoms with Gasteiger partial charge in [0.05, 0.1) is 5.56 Å². The van der Waals surface area contributed by atoms with E-state index in [4.69, 9.17) is 5.11 Å². The van der Waals surface area contributed by atoms with E-state index in [2.05, 4.69) is 0 Å². The highest BCUT2D eigenvalue weighted by atomic mass is 32.2. The zero-order valence-electron chi connectivity index (χ0n) is 10.6. The molecule has 4 heteroatoms. The first-order chi connectivity index (χ1) is 9.66. The minimum Gasteiger partial charge on any atom is -0.478 e. The summed E-state index contributed by atoms with van der Waals surface area (Å²) in [5.74, 6) is -0.151. The van der Waals surface area contributed by atoms with Gasteiger partial charge >= 0.3 is 5.97 Å². The third-order valence-corrected chi connectivity index (χ3v) is 4.25. The topological polar surface area (TPSA) is 54.4 Å². The fraction of sp³-hybridized carbons (Fsp3) is 0.125. The van der Waals surface area contributed by atoms with Crippen LogP contribution in [-0.4, -0.2) is 21.9 Å². The normalized spacial score (nSPS) is 13.9. The van der Waals surface area contributed by atoms with Crippen LogP contribution in [0.15, 0.2) is 42.5 Å². The molecular formula is C16H12O3S. The van der Waals surface area contributed by atoms with Crippen LogP contribution in [0.25, 0.3) is 11.1 Å². The predicted molar refractivity (Wildman–Crippen MR) is 79.3 cm³/mol. The molecule has 1 aliphatic rings. The van der Waals surface area contributed by atoms with Gasteiger partial charge in [0, 0.05) is 11.3 Å². The summed E-state index contributed by atoms with van der Waals surface area (Å²) in [6.45, 7) is 0. The summed E-state index contributed by atoms with van der Waals surface area (Å²) >= 11 is 1.32. The zero-order chi connectivity index (χ0) is 14.1. The highest BCUT2D eigenvalue weighted by molar-refractivity contribution is 8.14. The summed E-state index contributed by atoms with van der Waals surface area (Å²) in [6.07, 6.45) is 0.873. The number of hydrogen-bond acceptors (Lipinski definition) is 3. The number of thioether (sulfide) groups is 1. The molecule has 0 radical (unpaired) electrons. The summed E-state index contributed by atoms with van der Waals surface area (Å²) < 4.78 is 0. The van der Waals surface area contributed by atoms with Gasteiger partial charge in [0.2, 0.25) is 5.12 Å². The second-order valence-electron chi connectivity index (χ2n) is 4.61. The van der Waals surface area contributed by atoms with Gasteiger partial charge in [-0.3, -0.25) is 4.79 Å². The van der Waals surface area contributed by atoms with E-state index in [0.29, 0.717) is 0 Å². The van der Waals surface area contributed by atoms with Crippen LogP contribution in [0, 0.1) is 0 Å². The number of benzene rings is 2. The Bertz CT molecular complexity index is 707. The number of carbonyl (C=O) groups excluding carboxylic acids is 1. The van der Waals surface area contributed by atoms with E-state index in [1.807, 2.05) is 24.3 Å². The van der Waals surface area contributed by atoms with Gasteiger partial charge in [0.15, 0.2) is 0 Å². The molecule has 1 N–H and O–H groups in total. The SMILES string of the molecule is O=C(O)c1cccc(-c2cccc3c2C(=O)SCC3)c1. The first kappa shape index (κ1) is 12.9. The van der Waals surface area contributed by atoms with Crippen molar-refractivity contribution in [2.75, 3.05) is 5.75 Å². The van der Waals surface area contributed by atoms with Crippen molar-refractivity contribution in [3.05, 3.63) is 59.2 Å². The lowest BCUT2D eigenvalue weighted by molar-refractivity contribution is 0.0696. The van der Waals surface area contributed by atoms with Crippen LogP contribution < -0.4 is 0 Å². The predicted octanol–water partition coefficient (Wildman–Crippen LogP) is 3.48. The summed E-state index contributed by atoms with van der Waals surface area (Å²) in [7, 11) is 0. The lowest BCUT2D eigenvalue weighted by Gasteiger charge is -2.18. The highest BCUT2D eigenvalue weighted by Gasteiger charge is 2.22. The van der Waals surface area contributed by atoms with E-state index in [9.17, 15) is 9.59 Å². The number of carboxylic acid groups (broad SMARTS) is 1. The van der Waals surface area contributed by atoms with Gasteiger partial charge < -0.3 is 5.11 Å². The van der Waals surface area contributed by atoms with Gasteiger partial charge in [0.25, 0.3) is 0 Å². The van der Waals surface area contributed by atoms with Crippen molar-refractivity contribution >= 4 is 22.8 Å². The fourth-order valence-corrected chi connectivity index (χ4v) is 3.33. The van der Waals surface area contributed by atoms with Gasteiger partial charge in [-0.25, -0.2) is 4.79 Å². The molecule has 1 aliphatic heterocycles. The van der Waals surface area contributed by atoms with Crippen molar-refractivity contribution in [1.82, 2.24) is 0 Å². The minimum atomic E-state index is -0.961. The molecule has 100 valence electrons. The second-order valence-corrected chi connectivity index (χ2v) is 5.68.